The van der Waals surface area contributed by atoms with E-state index in [4.69, 9.17) is 27.3 Å². The molecule has 39 heavy (non-hydrogen) atoms. The number of halogens is 4. The second-order valence-corrected chi connectivity index (χ2v) is 13.8. The van der Waals surface area contributed by atoms with Gasteiger partial charge in [0, 0.05) is 43.1 Å². The lowest BCUT2D eigenvalue weighted by Crippen LogP contribution is -2.35. The first-order valence-electron chi connectivity index (χ1n) is 11.2. The summed E-state index contributed by atoms with van der Waals surface area (Å²) in [6, 6.07) is 1.01. The van der Waals surface area contributed by atoms with Crippen molar-refractivity contribution in [1.82, 2.24) is 0 Å². The number of hydrogen-bond acceptors (Lipinski definition) is 9. The number of ether oxygens (including phenoxy) is 1. The number of rotatable bonds is 10. The average Bonchev–Trinajstić information content (AvgIpc) is 2.76. The first kappa shape index (κ1) is 34.9. The number of hydrogen-bond donors (Lipinski definition) is 3. The predicted molar refractivity (Wildman–Crippen MR) is 133 cm³/mol. The highest BCUT2D eigenvalue weighted by atomic mass is 35.5. The number of carbonyl (C=O) groups excluding carboxylic acids is 3. The Morgan fingerprint density at radius 2 is 1.77 bits per heavy atom. The summed E-state index contributed by atoms with van der Waals surface area (Å²) in [5, 5.41) is 7.83. The number of ketones is 3. The van der Waals surface area contributed by atoms with Gasteiger partial charge in [-0.25, -0.2) is 8.42 Å². The number of alkyl halides is 3. The number of Topliss-reactive ketones (excluding diaryl/α,β-unsaturated/α-hetero) is 3. The van der Waals surface area contributed by atoms with E-state index in [1.807, 2.05) is 0 Å². The largest absolute Gasteiger partial charge is 0.480 e. The molecule has 0 radical (unpaired) electrons. The van der Waals surface area contributed by atoms with Gasteiger partial charge in [-0.15, -0.1) is 0 Å². The summed E-state index contributed by atoms with van der Waals surface area (Å²) in [6.07, 6.45) is -3.40. The second kappa shape index (κ2) is 14.0. The molecule has 220 valence electrons. The Hall–Kier alpha value is -2.16. The number of aliphatic carboxylic acids is 1. The molecule has 0 bridgehead atoms. The van der Waals surface area contributed by atoms with Crippen LogP contribution >= 0.6 is 19.0 Å². The van der Waals surface area contributed by atoms with E-state index in [0.29, 0.717) is 6.42 Å². The third-order valence-electron chi connectivity index (χ3n) is 5.30. The van der Waals surface area contributed by atoms with Crippen molar-refractivity contribution in [3.63, 3.8) is 0 Å². The summed E-state index contributed by atoms with van der Waals surface area (Å²) >= 11 is 6.11. The van der Waals surface area contributed by atoms with Crippen LogP contribution in [0.2, 0.25) is 5.02 Å². The van der Waals surface area contributed by atoms with E-state index in [1.54, 1.807) is 0 Å². The van der Waals surface area contributed by atoms with Crippen LogP contribution in [-0.2, 0) is 40.1 Å². The minimum Gasteiger partial charge on any atom is -0.480 e. The summed E-state index contributed by atoms with van der Waals surface area (Å²) < 4.78 is 76.0. The van der Waals surface area contributed by atoms with E-state index in [-0.39, 0.29) is 36.6 Å². The van der Waals surface area contributed by atoms with Crippen molar-refractivity contribution in [3.05, 3.63) is 28.3 Å². The fourth-order valence-electron chi connectivity index (χ4n) is 3.40. The maximum absolute atomic E-state index is 12.7. The van der Waals surface area contributed by atoms with Crippen molar-refractivity contribution in [2.45, 2.75) is 49.4 Å². The Morgan fingerprint density at radius 1 is 1.23 bits per heavy atom. The predicted octanol–water partition coefficient (Wildman–Crippen LogP) is 2.63. The number of carboxylic acid groups (broad SMARTS) is 1. The van der Waals surface area contributed by atoms with Crippen LogP contribution in [0.25, 0.3) is 0 Å². The maximum Gasteiger partial charge on any atom is 0.411 e. The van der Waals surface area contributed by atoms with Crippen molar-refractivity contribution >= 4 is 52.1 Å². The summed E-state index contributed by atoms with van der Waals surface area (Å²) in [5.41, 5.74) is 4.44. The molecule has 1 aromatic rings. The van der Waals surface area contributed by atoms with E-state index < -0.39 is 81.8 Å². The third-order valence-corrected chi connectivity index (χ3v) is 8.00. The van der Waals surface area contributed by atoms with Crippen LogP contribution < -0.4 is 5.73 Å². The summed E-state index contributed by atoms with van der Waals surface area (Å²) in [5.74, 6) is -4.73. The van der Waals surface area contributed by atoms with Gasteiger partial charge in [0.25, 0.3) is 0 Å². The number of nitrogens with two attached hydrogens (primary N) is 1. The zero-order valence-electron chi connectivity index (χ0n) is 20.9. The van der Waals surface area contributed by atoms with E-state index in [2.05, 4.69) is 4.74 Å². The molecule has 1 aliphatic rings. The van der Waals surface area contributed by atoms with Crippen LogP contribution in [0.1, 0.15) is 41.6 Å². The normalized spacial score (nSPS) is 17.1. The van der Waals surface area contributed by atoms with Gasteiger partial charge in [-0.05, 0) is 25.0 Å². The van der Waals surface area contributed by atoms with Crippen LogP contribution in [0.4, 0.5) is 13.2 Å². The topological polar surface area (TPSA) is 195 Å². The van der Waals surface area contributed by atoms with Crippen molar-refractivity contribution in [2.75, 3.05) is 25.7 Å². The fraction of sp³-hybridized carbons (Fsp3) is 0.545. The number of benzene rings is 1. The zero-order chi connectivity index (χ0) is 30.3. The van der Waals surface area contributed by atoms with Gasteiger partial charge in [-0.2, -0.15) is 13.2 Å². The summed E-state index contributed by atoms with van der Waals surface area (Å²) in [7, 11) is -7.00. The van der Waals surface area contributed by atoms with Crippen LogP contribution in [0.3, 0.4) is 0 Å². The van der Waals surface area contributed by atoms with Gasteiger partial charge in [0.05, 0.1) is 16.5 Å². The Labute approximate surface area is 227 Å². The molecule has 0 heterocycles. The van der Waals surface area contributed by atoms with Gasteiger partial charge in [0.15, 0.2) is 34.6 Å². The Kier molecular flexibility index (Phi) is 12.5. The molecule has 1 aliphatic carbocycles. The molecule has 4 N–H and O–H groups in total. The number of sulfone groups is 1. The van der Waals surface area contributed by atoms with E-state index in [1.165, 1.54) is 6.66 Å². The highest BCUT2D eigenvalue weighted by Gasteiger charge is 2.38. The molecule has 17 heteroatoms. The lowest BCUT2D eigenvalue weighted by atomic mass is 9.81. The molecule has 1 saturated carbocycles. The van der Waals surface area contributed by atoms with Crippen LogP contribution in [0.5, 0.6) is 0 Å². The maximum atomic E-state index is 12.7. The van der Waals surface area contributed by atoms with Gasteiger partial charge in [-0.1, -0.05) is 11.6 Å². The molecule has 0 amide bonds. The van der Waals surface area contributed by atoms with Gasteiger partial charge in [0.2, 0.25) is 0 Å². The third kappa shape index (κ3) is 11.5. The van der Waals surface area contributed by atoms with Crippen molar-refractivity contribution in [1.29, 1.82) is 0 Å². The molecule has 0 saturated heterocycles. The summed E-state index contributed by atoms with van der Waals surface area (Å²) in [6.45, 7) is -1.29. The average molecular weight is 622 g/mol. The number of carboxylic acids is 1. The highest BCUT2D eigenvalue weighted by molar-refractivity contribution is 7.90. The van der Waals surface area contributed by atoms with Crippen molar-refractivity contribution in [3.8, 4) is 0 Å². The van der Waals surface area contributed by atoms with Crippen LogP contribution in [0, 0.1) is 5.92 Å². The lowest BCUT2D eigenvalue weighted by molar-refractivity contribution is -0.176. The fourth-order valence-corrected chi connectivity index (χ4v) is 5.45. The van der Waals surface area contributed by atoms with Crippen LogP contribution in [-0.4, -0.2) is 79.6 Å². The van der Waals surface area contributed by atoms with E-state index in [9.17, 15) is 45.3 Å². The van der Waals surface area contributed by atoms with Gasteiger partial charge in [0.1, 0.15) is 18.6 Å². The molecular formula is C22H28ClF3NO10PS. The minimum atomic E-state index is -4.65. The minimum absolute atomic E-state index is 0.0412. The smallest absolute Gasteiger partial charge is 0.411 e. The molecule has 0 aliphatic heterocycles. The quantitative estimate of drug-likeness (QED) is 0.197. The molecule has 1 fully saturated rings. The molecule has 11 nitrogen and oxygen atoms in total. The zero-order valence-corrected chi connectivity index (χ0v) is 23.3. The molecule has 0 spiro atoms. The van der Waals surface area contributed by atoms with Gasteiger partial charge < -0.3 is 20.5 Å². The van der Waals surface area contributed by atoms with E-state index >= 15 is 0 Å². The summed E-state index contributed by atoms with van der Waals surface area (Å²) in [4.78, 5) is 55.1. The lowest BCUT2D eigenvalue weighted by Gasteiger charge is -2.20. The molecule has 1 aromatic carbocycles. The van der Waals surface area contributed by atoms with E-state index in [0.717, 1.165) is 18.4 Å². The Morgan fingerprint density at radius 3 is 2.21 bits per heavy atom. The second-order valence-electron chi connectivity index (χ2n) is 8.88. The highest BCUT2D eigenvalue weighted by Crippen LogP contribution is 2.36. The Bertz CT molecular complexity index is 1250. The molecule has 2 rings (SSSR count). The first-order valence-corrected chi connectivity index (χ1v) is 15.7. The molecular weight excluding hydrogens is 594 g/mol. The SMILES string of the molecule is CP(=O)(O)CCC(N)C(=O)O.CS(=O)(=O)c1ccc(C(=O)C2C(=O)CCCC2=O)c(Cl)c1COCC(F)(F)F. The Balaban J connectivity index is 0.000000584. The van der Waals surface area contributed by atoms with Crippen molar-refractivity contribution in [2.24, 2.45) is 11.7 Å². The molecule has 2 atom stereocenters. The first-order chi connectivity index (χ1) is 17.7. The molecule has 2 unspecified atom stereocenters. The number of carbonyl (C=O) groups is 4. The molecule has 0 aromatic heterocycles. The monoisotopic (exact) mass is 621 g/mol. The van der Waals surface area contributed by atoms with Crippen LogP contribution in [0.15, 0.2) is 17.0 Å². The standard InChI is InChI=1S/C17H16ClF3O6S.C5H12NO4P/c1-28(25,26)13-6-5-9(15(18)10(13)7-27-8-17(19,20)21)16(24)14-11(22)3-2-4-12(14)23;1-11(9,10)3-2-4(6)5(7)8/h5-6,14H,2-4,7-8H2,1H3;4H,2-3,6H2,1H3,(H,7,8)(H,9,10). The van der Waals surface area contributed by atoms with Gasteiger partial charge in [-0.3, -0.25) is 23.7 Å². The van der Waals surface area contributed by atoms with Crippen molar-refractivity contribution < 1.29 is 60.1 Å². The van der Waals surface area contributed by atoms with Gasteiger partial charge >= 0.3 is 12.1 Å².